The van der Waals surface area contributed by atoms with Gasteiger partial charge in [-0.2, -0.15) is 18.3 Å². The fourth-order valence-corrected chi connectivity index (χ4v) is 5.74. The highest BCUT2D eigenvalue weighted by Crippen LogP contribution is 2.42. The molecule has 1 amide bonds. The van der Waals surface area contributed by atoms with Crippen LogP contribution in [0.25, 0.3) is 5.69 Å². The average Bonchev–Trinajstić information content (AvgIpc) is 3.33. The first kappa shape index (κ1) is 30.3. The minimum Gasteiger partial charge on any atom is -0.382 e. The second-order valence-electron chi connectivity index (χ2n) is 11.8. The number of Topliss-reactive ketones (excluding diaryl/α,β-unsaturated/α-hetero) is 1. The molecule has 9 nitrogen and oxygen atoms in total. The van der Waals surface area contributed by atoms with Crippen molar-refractivity contribution in [1.29, 1.82) is 0 Å². The van der Waals surface area contributed by atoms with Crippen molar-refractivity contribution in [1.82, 2.24) is 9.78 Å². The number of primary amides is 1. The largest absolute Gasteiger partial charge is 0.435 e. The predicted molar refractivity (Wildman–Crippen MR) is 155 cm³/mol. The number of hydrogen-bond acceptors (Lipinski definition) is 7. The summed E-state index contributed by atoms with van der Waals surface area (Å²) < 4.78 is 48.9. The molecule has 0 saturated heterocycles. The number of para-hydroxylation sites is 1. The van der Waals surface area contributed by atoms with E-state index in [9.17, 15) is 22.8 Å². The standard InChI is InChI=1S/C31H34F3N5O4/c1-30(2)17-25-27(26(40)18-30)28(31(32,33)34)38-39(25)20-10-13-23(29(35)41)24(16-20)37-19-8-11-21(12-9-19)42-15-14-36-43-22-6-4-3-5-7-22/h3-7,10,13-14,16,19,21,37H,8-9,11-12,15,17-18H2,1-2H3,(H2,35,41)/b36-14+. The van der Waals surface area contributed by atoms with Crippen LogP contribution in [0.1, 0.15) is 78.1 Å². The third kappa shape index (κ3) is 7.07. The number of benzene rings is 2. The Morgan fingerprint density at radius 2 is 1.86 bits per heavy atom. The summed E-state index contributed by atoms with van der Waals surface area (Å²) in [5.74, 6) is -0.612. The number of halogens is 3. The highest BCUT2D eigenvalue weighted by atomic mass is 19.4. The van der Waals surface area contributed by atoms with Gasteiger partial charge < -0.3 is 20.6 Å². The molecular weight excluding hydrogens is 563 g/mol. The van der Waals surface area contributed by atoms with E-state index in [2.05, 4.69) is 15.6 Å². The Hall–Kier alpha value is -4.19. The quantitative estimate of drug-likeness (QED) is 0.232. The lowest BCUT2D eigenvalue weighted by Gasteiger charge is -2.30. The molecule has 0 spiro atoms. The van der Waals surface area contributed by atoms with Crippen molar-refractivity contribution >= 4 is 23.6 Å². The first-order valence-electron chi connectivity index (χ1n) is 14.2. The molecule has 1 saturated carbocycles. The molecule has 3 N–H and O–H groups in total. The van der Waals surface area contributed by atoms with E-state index in [0.29, 0.717) is 23.7 Å². The lowest BCUT2D eigenvalue weighted by atomic mass is 9.75. The maximum Gasteiger partial charge on any atom is 0.435 e. The number of amides is 1. The number of hydrogen-bond donors (Lipinski definition) is 2. The zero-order chi connectivity index (χ0) is 30.8. The van der Waals surface area contributed by atoms with Gasteiger partial charge in [0.1, 0.15) is 0 Å². The average molecular weight is 598 g/mol. The molecule has 0 aliphatic heterocycles. The lowest BCUT2D eigenvalue weighted by molar-refractivity contribution is -0.141. The number of oxime groups is 1. The maximum absolute atomic E-state index is 13.9. The molecule has 12 heteroatoms. The summed E-state index contributed by atoms with van der Waals surface area (Å²) in [4.78, 5) is 30.3. The lowest BCUT2D eigenvalue weighted by Crippen LogP contribution is -2.31. The van der Waals surface area contributed by atoms with Gasteiger partial charge in [-0.15, -0.1) is 0 Å². The van der Waals surface area contributed by atoms with Gasteiger partial charge in [-0.1, -0.05) is 37.2 Å². The second kappa shape index (κ2) is 12.2. The van der Waals surface area contributed by atoms with Crippen LogP contribution in [0, 0.1) is 5.41 Å². The number of nitrogens with zero attached hydrogens (tertiary/aromatic N) is 3. The number of carbonyl (C=O) groups excluding carboxylic acids is 2. The maximum atomic E-state index is 13.9. The summed E-state index contributed by atoms with van der Waals surface area (Å²) in [5, 5.41) is 11.2. The van der Waals surface area contributed by atoms with E-state index in [1.807, 2.05) is 32.0 Å². The van der Waals surface area contributed by atoms with E-state index in [4.69, 9.17) is 15.3 Å². The second-order valence-corrected chi connectivity index (χ2v) is 11.8. The number of rotatable bonds is 9. The number of anilines is 1. The normalized spacial score (nSPS) is 20.2. The van der Waals surface area contributed by atoms with Crippen LogP contribution in [0.15, 0.2) is 53.7 Å². The number of aromatic nitrogens is 2. The fraction of sp³-hybridized carbons (Fsp3) is 0.419. The SMILES string of the molecule is CC1(C)CC(=O)c2c(C(F)(F)F)nn(-c3ccc(C(N)=O)c(NC4CCC(OC/C=N/Oc5ccccc5)CC4)c3)c2C1. The number of ether oxygens (including phenoxy) is 1. The highest BCUT2D eigenvalue weighted by molar-refractivity contribution is 6.00. The molecule has 1 heterocycles. The van der Waals surface area contributed by atoms with Crippen molar-refractivity contribution in [2.75, 3.05) is 11.9 Å². The topological polar surface area (TPSA) is 121 Å². The van der Waals surface area contributed by atoms with Crippen LogP contribution in [0.5, 0.6) is 5.75 Å². The first-order valence-corrected chi connectivity index (χ1v) is 14.2. The monoisotopic (exact) mass is 597 g/mol. The van der Waals surface area contributed by atoms with Crippen LogP contribution in [0.2, 0.25) is 0 Å². The van der Waals surface area contributed by atoms with E-state index in [1.54, 1.807) is 24.4 Å². The fourth-order valence-electron chi connectivity index (χ4n) is 5.74. The zero-order valence-electron chi connectivity index (χ0n) is 24.0. The molecule has 0 unspecified atom stereocenters. The van der Waals surface area contributed by atoms with Gasteiger partial charge in [0.25, 0.3) is 5.91 Å². The minimum atomic E-state index is -4.79. The van der Waals surface area contributed by atoms with Crippen LogP contribution < -0.4 is 15.9 Å². The zero-order valence-corrected chi connectivity index (χ0v) is 24.0. The van der Waals surface area contributed by atoms with Crippen LogP contribution in [-0.2, 0) is 17.3 Å². The molecule has 1 aromatic heterocycles. The van der Waals surface area contributed by atoms with Gasteiger partial charge in [-0.3, -0.25) is 9.59 Å². The summed E-state index contributed by atoms with van der Waals surface area (Å²) in [6.07, 6.45) is 0.0431. The number of carbonyl (C=O) groups is 2. The van der Waals surface area contributed by atoms with E-state index in [0.717, 1.165) is 25.7 Å². The molecule has 2 aliphatic carbocycles. The Labute approximate surface area is 247 Å². The Morgan fingerprint density at radius 3 is 2.53 bits per heavy atom. The highest BCUT2D eigenvalue weighted by Gasteiger charge is 2.45. The van der Waals surface area contributed by atoms with Gasteiger partial charge in [0, 0.05) is 18.2 Å². The van der Waals surface area contributed by atoms with Crippen molar-refractivity contribution in [3.63, 3.8) is 0 Å². The van der Waals surface area contributed by atoms with Gasteiger partial charge in [0.05, 0.1) is 41.4 Å². The van der Waals surface area contributed by atoms with Crippen molar-refractivity contribution in [2.45, 2.75) is 70.7 Å². The molecule has 43 heavy (non-hydrogen) atoms. The summed E-state index contributed by atoms with van der Waals surface area (Å²) in [6.45, 7) is 3.98. The van der Waals surface area contributed by atoms with E-state index < -0.39 is 29.0 Å². The predicted octanol–water partition coefficient (Wildman–Crippen LogP) is 5.95. The Kier molecular flexibility index (Phi) is 8.59. The Balaban J connectivity index is 1.28. The first-order chi connectivity index (χ1) is 20.4. The summed E-state index contributed by atoms with van der Waals surface area (Å²) in [6, 6.07) is 13.7. The smallest absolute Gasteiger partial charge is 0.382 e. The van der Waals surface area contributed by atoms with Gasteiger partial charge in [-0.05, 0) is 67.9 Å². The number of fused-ring (bicyclic) bond motifs is 1. The Morgan fingerprint density at radius 1 is 1.14 bits per heavy atom. The molecule has 0 bridgehead atoms. The third-order valence-corrected chi connectivity index (χ3v) is 7.74. The number of ketones is 1. The summed E-state index contributed by atoms with van der Waals surface area (Å²) >= 11 is 0. The van der Waals surface area contributed by atoms with Crippen LogP contribution in [0.3, 0.4) is 0 Å². The third-order valence-electron chi connectivity index (χ3n) is 7.74. The molecular formula is C31H34F3N5O4. The summed E-state index contributed by atoms with van der Waals surface area (Å²) in [5.41, 5.74) is 4.67. The molecule has 0 radical (unpaired) electrons. The molecule has 3 aromatic rings. The molecule has 2 aromatic carbocycles. The number of nitrogens with two attached hydrogens (primary N) is 1. The van der Waals surface area contributed by atoms with Gasteiger partial charge >= 0.3 is 6.18 Å². The Bertz CT molecular complexity index is 1510. The molecule has 1 fully saturated rings. The summed E-state index contributed by atoms with van der Waals surface area (Å²) in [7, 11) is 0. The van der Waals surface area contributed by atoms with E-state index in [-0.39, 0.29) is 41.8 Å². The van der Waals surface area contributed by atoms with Gasteiger partial charge in [0.15, 0.2) is 17.2 Å². The minimum absolute atomic E-state index is 0.00282. The van der Waals surface area contributed by atoms with Crippen molar-refractivity contribution in [3.05, 3.63) is 71.0 Å². The van der Waals surface area contributed by atoms with E-state index >= 15 is 0 Å². The van der Waals surface area contributed by atoms with Crippen LogP contribution in [-0.4, -0.2) is 46.4 Å². The van der Waals surface area contributed by atoms with Gasteiger partial charge in [0.2, 0.25) is 0 Å². The molecule has 2 aliphatic rings. The van der Waals surface area contributed by atoms with Crippen LogP contribution >= 0.6 is 0 Å². The van der Waals surface area contributed by atoms with Crippen molar-refractivity contribution in [3.8, 4) is 11.4 Å². The van der Waals surface area contributed by atoms with Crippen molar-refractivity contribution in [2.24, 2.45) is 16.3 Å². The molecule has 228 valence electrons. The van der Waals surface area contributed by atoms with Crippen molar-refractivity contribution < 1.29 is 32.3 Å². The molecule has 5 rings (SSSR count). The van der Waals surface area contributed by atoms with Gasteiger partial charge in [-0.25, -0.2) is 4.68 Å². The molecule has 0 atom stereocenters. The van der Waals surface area contributed by atoms with Crippen LogP contribution in [0.4, 0.5) is 18.9 Å². The van der Waals surface area contributed by atoms with E-state index in [1.165, 1.54) is 16.8 Å². The number of nitrogens with one attached hydrogen (secondary N) is 1. The number of alkyl halides is 3.